The Balaban J connectivity index is 2.03. The molecule has 218 valence electrons. The zero-order valence-corrected chi connectivity index (χ0v) is 25.1. The van der Waals surface area contributed by atoms with Crippen LogP contribution in [-0.2, 0) is 28.6 Å². The van der Waals surface area contributed by atoms with E-state index in [2.05, 4.69) is 5.32 Å². The Morgan fingerprint density at radius 2 is 1.27 bits per heavy atom. The molecule has 0 heterocycles. The van der Waals surface area contributed by atoms with Crippen molar-refractivity contribution in [2.45, 2.75) is 44.1 Å². The number of nitrogens with one attached hydrogen (secondary N) is 1. The SMILES string of the molecule is COc1ccc(C(SC[C@H](NC(C)=O)C(=O)OCC(=O)OC(C)(C)C)(c2ccccc2)c2ccc(OC)cc2)cc1. The Bertz CT molecular complexity index is 1260. The zero-order chi connectivity index (χ0) is 30.0. The molecule has 1 atom stereocenters. The summed E-state index contributed by atoms with van der Waals surface area (Å²) < 4.78 is 20.5. The molecule has 1 N–H and O–H groups in total. The molecule has 8 nitrogen and oxygen atoms in total. The first kappa shape index (κ1) is 31.5. The first-order chi connectivity index (χ1) is 19.5. The van der Waals surface area contributed by atoms with E-state index in [-0.39, 0.29) is 5.75 Å². The molecule has 0 saturated carbocycles. The summed E-state index contributed by atoms with van der Waals surface area (Å²) in [6.07, 6.45) is 0. The minimum atomic E-state index is -1.03. The van der Waals surface area contributed by atoms with Crippen LogP contribution in [0.2, 0.25) is 0 Å². The lowest BCUT2D eigenvalue weighted by atomic mass is 9.84. The number of amides is 1. The molecule has 3 rings (SSSR count). The Hall–Kier alpha value is -3.98. The molecule has 0 aromatic heterocycles. The lowest BCUT2D eigenvalue weighted by Crippen LogP contribution is -2.44. The summed E-state index contributed by atoms with van der Waals surface area (Å²) in [6.45, 7) is 5.95. The Kier molecular flexibility index (Phi) is 10.8. The van der Waals surface area contributed by atoms with Gasteiger partial charge in [0.1, 0.15) is 23.1 Å². The van der Waals surface area contributed by atoms with Gasteiger partial charge in [0.2, 0.25) is 5.91 Å². The van der Waals surface area contributed by atoms with Gasteiger partial charge in [0.25, 0.3) is 0 Å². The van der Waals surface area contributed by atoms with Crippen LogP contribution < -0.4 is 14.8 Å². The van der Waals surface area contributed by atoms with Crippen LogP contribution in [0.1, 0.15) is 44.4 Å². The van der Waals surface area contributed by atoms with Crippen molar-refractivity contribution in [1.29, 1.82) is 0 Å². The molecule has 0 unspecified atom stereocenters. The maximum Gasteiger partial charge on any atom is 0.344 e. The molecule has 3 aromatic carbocycles. The normalized spacial score (nSPS) is 12.1. The van der Waals surface area contributed by atoms with E-state index in [9.17, 15) is 14.4 Å². The van der Waals surface area contributed by atoms with E-state index in [1.54, 1.807) is 35.0 Å². The molecular weight excluding hydrogens is 542 g/mol. The number of esters is 2. The predicted molar refractivity (Wildman–Crippen MR) is 159 cm³/mol. The zero-order valence-electron chi connectivity index (χ0n) is 24.3. The van der Waals surface area contributed by atoms with Crippen molar-refractivity contribution in [3.8, 4) is 11.5 Å². The molecule has 0 aliphatic rings. The number of methoxy groups -OCH3 is 2. The first-order valence-corrected chi connectivity index (χ1v) is 14.1. The van der Waals surface area contributed by atoms with Gasteiger partial charge >= 0.3 is 11.9 Å². The van der Waals surface area contributed by atoms with Crippen LogP contribution in [0.5, 0.6) is 11.5 Å². The number of hydrogen-bond acceptors (Lipinski definition) is 8. The third-order valence-electron chi connectivity index (χ3n) is 6.05. The number of rotatable bonds is 12. The number of ether oxygens (including phenoxy) is 4. The molecule has 0 saturated heterocycles. The van der Waals surface area contributed by atoms with Crippen LogP contribution in [0.15, 0.2) is 78.9 Å². The van der Waals surface area contributed by atoms with Crippen molar-refractivity contribution in [3.63, 3.8) is 0 Å². The van der Waals surface area contributed by atoms with Gasteiger partial charge in [0.15, 0.2) is 6.61 Å². The van der Waals surface area contributed by atoms with Crippen LogP contribution in [0.4, 0.5) is 0 Å². The van der Waals surface area contributed by atoms with Gasteiger partial charge in [-0.25, -0.2) is 9.59 Å². The van der Waals surface area contributed by atoms with Crippen LogP contribution in [0.25, 0.3) is 0 Å². The van der Waals surface area contributed by atoms with E-state index < -0.39 is 40.8 Å². The number of benzene rings is 3. The Labute approximate surface area is 245 Å². The fraction of sp³-hybridized carbons (Fsp3) is 0.344. The fourth-order valence-electron chi connectivity index (χ4n) is 4.30. The Morgan fingerprint density at radius 3 is 1.71 bits per heavy atom. The standard InChI is InChI=1S/C32H37NO7S/c1-22(34)33-28(30(36)39-20-29(35)40-31(2,3)4)21-41-32(23-10-8-7-9-11-23,24-12-16-26(37-5)17-13-24)25-14-18-27(38-6)19-15-25/h7-19,28H,20-21H2,1-6H3,(H,33,34)/t28-/m0/s1. The van der Waals surface area contributed by atoms with E-state index in [0.717, 1.165) is 16.7 Å². The van der Waals surface area contributed by atoms with Crippen molar-refractivity contribution in [3.05, 3.63) is 95.6 Å². The maximum absolute atomic E-state index is 13.2. The molecular formula is C32H37NO7S. The number of hydrogen-bond donors (Lipinski definition) is 1. The molecule has 0 radical (unpaired) electrons. The van der Waals surface area contributed by atoms with E-state index >= 15 is 0 Å². The summed E-state index contributed by atoms with van der Waals surface area (Å²) in [7, 11) is 3.22. The van der Waals surface area contributed by atoms with E-state index in [4.69, 9.17) is 18.9 Å². The smallest absolute Gasteiger partial charge is 0.344 e. The second-order valence-electron chi connectivity index (χ2n) is 10.3. The van der Waals surface area contributed by atoms with Crippen molar-refractivity contribution in [2.75, 3.05) is 26.6 Å². The number of carbonyl (C=O) groups excluding carboxylic acids is 3. The van der Waals surface area contributed by atoms with Gasteiger partial charge < -0.3 is 24.3 Å². The topological polar surface area (TPSA) is 100 Å². The lowest BCUT2D eigenvalue weighted by molar-refractivity contribution is -0.167. The maximum atomic E-state index is 13.2. The van der Waals surface area contributed by atoms with Crippen LogP contribution >= 0.6 is 11.8 Å². The van der Waals surface area contributed by atoms with E-state index in [0.29, 0.717) is 11.5 Å². The average Bonchev–Trinajstić information content (AvgIpc) is 2.95. The van der Waals surface area contributed by atoms with Gasteiger partial charge in [-0.05, 0) is 61.7 Å². The molecule has 1 amide bonds. The third kappa shape index (κ3) is 8.50. The second kappa shape index (κ2) is 14.1. The number of carbonyl (C=O) groups is 3. The summed E-state index contributed by atoms with van der Waals surface area (Å²) in [5.41, 5.74) is 2.11. The van der Waals surface area contributed by atoms with Crippen molar-refractivity contribution < 1.29 is 33.3 Å². The van der Waals surface area contributed by atoms with Crippen molar-refractivity contribution >= 4 is 29.6 Å². The summed E-state index contributed by atoms with van der Waals surface area (Å²) in [5, 5.41) is 2.69. The molecule has 0 aliphatic heterocycles. The quantitative estimate of drug-likeness (QED) is 0.233. The number of thioether (sulfide) groups is 1. The summed E-state index contributed by atoms with van der Waals surface area (Å²) in [5.74, 6) is -0.251. The van der Waals surface area contributed by atoms with Crippen LogP contribution in [0.3, 0.4) is 0 Å². The van der Waals surface area contributed by atoms with Gasteiger partial charge in [-0.15, -0.1) is 11.8 Å². The van der Waals surface area contributed by atoms with Crippen LogP contribution in [0, 0.1) is 0 Å². The largest absolute Gasteiger partial charge is 0.497 e. The van der Waals surface area contributed by atoms with Gasteiger partial charge in [-0.3, -0.25) is 4.79 Å². The highest BCUT2D eigenvalue weighted by Gasteiger charge is 2.39. The molecule has 41 heavy (non-hydrogen) atoms. The monoisotopic (exact) mass is 579 g/mol. The first-order valence-electron chi connectivity index (χ1n) is 13.1. The molecule has 0 spiro atoms. The molecule has 0 bridgehead atoms. The molecule has 9 heteroatoms. The summed E-state index contributed by atoms with van der Waals surface area (Å²) in [4.78, 5) is 37.4. The fourth-order valence-corrected chi connectivity index (χ4v) is 5.84. The van der Waals surface area contributed by atoms with Gasteiger partial charge in [-0.2, -0.15) is 0 Å². The minimum absolute atomic E-state index is 0.139. The van der Waals surface area contributed by atoms with Gasteiger partial charge in [0, 0.05) is 12.7 Å². The van der Waals surface area contributed by atoms with E-state index in [1.807, 2.05) is 78.9 Å². The van der Waals surface area contributed by atoms with Crippen LogP contribution in [-0.4, -0.2) is 56.1 Å². The molecule has 3 aromatic rings. The Morgan fingerprint density at radius 1 is 0.780 bits per heavy atom. The highest BCUT2D eigenvalue weighted by atomic mass is 32.2. The average molecular weight is 580 g/mol. The molecule has 0 fully saturated rings. The predicted octanol–water partition coefficient (Wildman–Crippen LogP) is 5.12. The van der Waals surface area contributed by atoms with Crippen molar-refractivity contribution in [2.24, 2.45) is 0 Å². The third-order valence-corrected chi connectivity index (χ3v) is 7.69. The lowest BCUT2D eigenvalue weighted by Gasteiger charge is -2.36. The second-order valence-corrected chi connectivity index (χ2v) is 11.5. The van der Waals surface area contributed by atoms with E-state index in [1.165, 1.54) is 18.7 Å². The van der Waals surface area contributed by atoms with Gasteiger partial charge in [-0.1, -0.05) is 54.6 Å². The van der Waals surface area contributed by atoms with Gasteiger partial charge in [0.05, 0.1) is 19.0 Å². The molecule has 0 aliphatic carbocycles. The highest BCUT2D eigenvalue weighted by Crippen LogP contribution is 2.49. The highest BCUT2D eigenvalue weighted by molar-refractivity contribution is 8.00. The summed E-state index contributed by atoms with van der Waals surface area (Å²) in [6, 6.07) is 24.4. The van der Waals surface area contributed by atoms with Crippen molar-refractivity contribution in [1.82, 2.24) is 5.32 Å². The minimum Gasteiger partial charge on any atom is -0.497 e. The summed E-state index contributed by atoms with van der Waals surface area (Å²) >= 11 is 1.46.